The monoisotopic (exact) mass is 519 g/mol. The van der Waals surface area contributed by atoms with Crippen molar-refractivity contribution in [2.45, 2.75) is 18.4 Å². The van der Waals surface area contributed by atoms with Gasteiger partial charge in [0.05, 0.1) is 18.9 Å². The van der Waals surface area contributed by atoms with E-state index in [1.165, 1.54) is 0 Å². The molecule has 1 heterocycles. The molecule has 34 heavy (non-hydrogen) atoms. The van der Waals surface area contributed by atoms with Gasteiger partial charge in [-0.25, -0.2) is 0 Å². The Hall–Kier alpha value is -3.00. The van der Waals surface area contributed by atoms with Crippen molar-refractivity contribution in [3.05, 3.63) is 82.8 Å². The maximum Gasteiger partial charge on any atom is 0.255 e. The third kappa shape index (κ3) is 4.78. The molecule has 2 fully saturated rings. The predicted octanol–water partition coefficient (Wildman–Crippen LogP) is 5.17. The highest BCUT2D eigenvalue weighted by atomic mass is 79.9. The van der Waals surface area contributed by atoms with Gasteiger partial charge in [0.1, 0.15) is 5.54 Å². The van der Waals surface area contributed by atoms with E-state index in [1.54, 1.807) is 18.2 Å². The van der Waals surface area contributed by atoms with Crippen molar-refractivity contribution in [1.29, 1.82) is 0 Å². The van der Waals surface area contributed by atoms with Gasteiger partial charge in [-0.2, -0.15) is 0 Å². The third-order valence-corrected chi connectivity index (χ3v) is 7.18. The number of hydrogen-bond acceptors (Lipinski definition) is 4. The first-order valence-corrected chi connectivity index (χ1v) is 12.3. The van der Waals surface area contributed by atoms with Gasteiger partial charge in [-0.15, -0.1) is 0 Å². The van der Waals surface area contributed by atoms with Crippen LogP contribution in [-0.2, 0) is 9.53 Å². The largest absolute Gasteiger partial charge is 0.379 e. The minimum Gasteiger partial charge on any atom is -0.379 e. The van der Waals surface area contributed by atoms with Crippen LogP contribution in [0.1, 0.15) is 23.2 Å². The highest BCUT2D eigenvalue weighted by molar-refractivity contribution is 9.10. The van der Waals surface area contributed by atoms with E-state index in [-0.39, 0.29) is 11.8 Å². The van der Waals surface area contributed by atoms with Gasteiger partial charge in [-0.05, 0) is 70.2 Å². The van der Waals surface area contributed by atoms with Crippen molar-refractivity contribution in [1.82, 2.24) is 4.90 Å². The van der Waals surface area contributed by atoms with Gasteiger partial charge in [0.2, 0.25) is 5.91 Å². The van der Waals surface area contributed by atoms with Crippen molar-refractivity contribution >= 4 is 39.1 Å². The third-order valence-electron chi connectivity index (χ3n) is 6.49. The molecule has 0 aromatic heterocycles. The second-order valence-electron chi connectivity index (χ2n) is 8.68. The van der Waals surface area contributed by atoms with E-state index in [4.69, 9.17) is 4.74 Å². The van der Waals surface area contributed by atoms with E-state index in [9.17, 15) is 9.59 Å². The molecule has 6 nitrogen and oxygen atoms in total. The Morgan fingerprint density at radius 1 is 0.853 bits per heavy atom. The molecule has 1 saturated carbocycles. The number of rotatable bonds is 6. The average Bonchev–Trinajstić information content (AvgIpc) is 3.69. The number of ether oxygens (including phenoxy) is 1. The van der Waals surface area contributed by atoms with Gasteiger partial charge in [0, 0.05) is 28.8 Å². The number of nitrogens with zero attached hydrogens (tertiary/aromatic N) is 1. The fraction of sp³-hybridized carbons (Fsp3) is 0.259. The summed E-state index contributed by atoms with van der Waals surface area (Å²) in [6.45, 7) is 2.83. The lowest BCUT2D eigenvalue weighted by Crippen LogP contribution is -2.51. The summed E-state index contributed by atoms with van der Waals surface area (Å²) in [5, 5.41) is 5.99. The number of hydrogen-bond donors (Lipinski definition) is 2. The Morgan fingerprint density at radius 2 is 1.53 bits per heavy atom. The van der Waals surface area contributed by atoms with Crippen LogP contribution in [-0.4, -0.2) is 48.6 Å². The van der Waals surface area contributed by atoms with Crippen LogP contribution in [0, 0.1) is 0 Å². The van der Waals surface area contributed by atoms with Gasteiger partial charge in [0.25, 0.3) is 5.91 Å². The Kier molecular flexibility index (Phi) is 6.50. The molecule has 0 atom stereocenters. The van der Waals surface area contributed by atoms with Crippen LogP contribution >= 0.6 is 15.9 Å². The van der Waals surface area contributed by atoms with Crippen LogP contribution in [0.25, 0.3) is 11.1 Å². The minimum absolute atomic E-state index is 0.0239. The van der Waals surface area contributed by atoms with E-state index in [0.29, 0.717) is 30.2 Å². The van der Waals surface area contributed by atoms with E-state index in [0.717, 1.165) is 41.5 Å². The number of amides is 2. The zero-order valence-corrected chi connectivity index (χ0v) is 20.3. The van der Waals surface area contributed by atoms with Crippen molar-refractivity contribution < 1.29 is 14.3 Å². The number of anilines is 2. The second-order valence-corrected chi connectivity index (χ2v) is 9.53. The number of carbonyl (C=O) groups is 2. The van der Waals surface area contributed by atoms with E-state index in [2.05, 4.69) is 43.6 Å². The zero-order chi connectivity index (χ0) is 23.5. The molecule has 5 rings (SSSR count). The molecule has 2 amide bonds. The quantitative estimate of drug-likeness (QED) is 0.471. The van der Waals surface area contributed by atoms with Crippen molar-refractivity contribution in [3.63, 3.8) is 0 Å². The lowest BCUT2D eigenvalue weighted by molar-refractivity contribution is -0.124. The standard InChI is InChI=1S/C27H26BrN3O3/c28-23-11-8-21(18-24(23)30-26(33)27(12-13-27)31-14-16-34-17-15-31)25(32)29-22-9-6-20(7-10-22)19-4-2-1-3-5-19/h1-11,18H,12-17H2,(H,29,32)(H,30,33). The average molecular weight is 520 g/mol. The predicted molar refractivity (Wildman–Crippen MR) is 137 cm³/mol. The summed E-state index contributed by atoms with van der Waals surface area (Å²) in [4.78, 5) is 28.3. The summed E-state index contributed by atoms with van der Waals surface area (Å²) in [6.07, 6.45) is 1.69. The van der Waals surface area contributed by atoms with Crippen LogP contribution in [0.4, 0.5) is 11.4 Å². The Balaban J connectivity index is 1.27. The van der Waals surface area contributed by atoms with E-state index >= 15 is 0 Å². The Bertz CT molecular complexity index is 1190. The first-order chi connectivity index (χ1) is 16.5. The molecule has 3 aromatic rings. The van der Waals surface area contributed by atoms with Crippen molar-refractivity contribution in [2.75, 3.05) is 36.9 Å². The summed E-state index contributed by atoms with van der Waals surface area (Å²) in [6, 6.07) is 23.1. The normalized spacial score (nSPS) is 17.1. The summed E-state index contributed by atoms with van der Waals surface area (Å²) >= 11 is 3.51. The molecule has 0 spiro atoms. The van der Waals surface area contributed by atoms with Crippen LogP contribution < -0.4 is 10.6 Å². The summed E-state index contributed by atoms with van der Waals surface area (Å²) in [7, 11) is 0. The first kappa shape index (κ1) is 22.8. The molecule has 0 radical (unpaired) electrons. The molecule has 2 aliphatic rings. The van der Waals surface area contributed by atoms with Crippen LogP contribution in [0.3, 0.4) is 0 Å². The molecule has 0 unspecified atom stereocenters. The van der Waals surface area contributed by atoms with Gasteiger partial charge in [-0.3, -0.25) is 14.5 Å². The highest BCUT2D eigenvalue weighted by Crippen LogP contribution is 2.43. The van der Waals surface area contributed by atoms with Crippen LogP contribution in [0.2, 0.25) is 0 Å². The molecule has 2 N–H and O–H groups in total. The maximum absolute atomic E-state index is 13.2. The molecule has 3 aromatic carbocycles. The number of morpholine rings is 1. The highest BCUT2D eigenvalue weighted by Gasteiger charge is 2.54. The summed E-state index contributed by atoms with van der Waals surface area (Å²) < 4.78 is 6.17. The number of carbonyl (C=O) groups excluding carboxylic acids is 2. The Morgan fingerprint density at radius 3 is 2.21 bits per heavy atom. The smallest absolute Gasteiger partial charge is 0.255 e. The van der Waals surface area contributed by atoms with E-state index in [1.807, 2.05) is 42.5 Å². The minimum atomic E-state index is -0.456. The fourth-order valence-electron chi connectivity index (χ4n) is 4.38. The molecule has 7 heteroatoms. The van der Waals surface area contributed by atoms with Gasteiger partial charge in [-0.1, -0.05) is 42.5 Å². The first-order valence-electron chi connectivity index (χ1n) is 11.5. The SMILES string of the molecule is O=C(Nc1ccc(-c2ccccc2)cc1)c1ccc(Br)c(NC(=O)C2(N3CCOCC3)CC2)c1. The molecule has 0 bridgehead atoms. The molecule has 174 valence electrons. The zero-order valence-electron chi connectivity index (χ0n) is 18.7. The van der Waals surface area contributed by atoms with Crippen molar-refractivity contribution in [3.8, 4) is 11.1 Å². The molecule has 1 aliphatic heterocycles. The van der Waals surface area contributed by atoms with E-state index < -0.39 is 5.54 Å². The maximum atomic E-state index is 13.2. The molecular weight excluding hydrogens is 494 g/mol. The van der Waals surface area contributed by atoms with Crippen LogP contribution in [0.15, 0.2) is 77.3 Å². The second kappa shape index (κ2) is 9.70. The van der Waals surface area contributed by atoms with Gasteiger partial charge < -0.3 is 15.4 Å². The molecule has 1 saturated heterocycles. The van der Waals surface area contributed by atoms with Gasteiger partial charge in [0.15, 0.2) is 0 Å². The molecule has 1 aliphatic carbocycles. The number of halogens is 1. The number of nitrogens with one attached hydrogen (secondary N) is 2. The summed E-state index contributed by atoms with van der Waals surface area (Å²) in [5.41, 5.74) is 3.53. The lowest BCUT2D eigenvalue weighted by atomic mass is 10.1. The van der Waals surface area contributed by atoms with Crippen LogP contribution in [0.5, 0.6) is 0 Å². The van der Waals surface area contributed by atoms with Crippen molar-refractivity contribution in [2.24, 2.45) is 0 Å². The Labute approximate surface area is 207 Å². The number of benzene rings is 3. The summed E-state index contributed by atoms with van der Waals surface area (Å²) in [5.74, 6) is -0.256. The topological polar surface area (TPSA) is 70.7 Å². The lowest BCUT2D eigenvalue weighted by Gasteiger charge is -2.33. The van der Waals surface area contributed by atoms with Gasteiger partial charge >= 0.3 is 0 Å². The fourth-order valence-corrected chi connectivity index (χ4v) is 4.72. The molecular formula is C27H26BrN3O3.